The highest BCUT2D eigenvalue weighted by molar-refractivity contribution is 5.79. The highest BCUT2D eigenvalue weighted by atomic mass is 16.5. The molecule has 0 saturated carbocycles. The van der Waals surface area contributed by atoms with Crippen LogP contribution in [0.1, 0.15) is 32.3 Å². The van der Waals surface area contributed by atoms with E-state index in [2.05, 4.69) is 13.8 Å². The van der Waals surface area contributed by atoms with Crippen molar-refractivity contribution in [1.82, 2.24) is 0 Å². The van der Waals surface area contributed by atoms with Gasteiger partial charge >= 0.3 is 0 Å². The number of benzene rings is 2. The highest BCUT2D eigenvalue weighted by Gasteiger charge is 2.09. The third-order valence-electron chi connectivity index (χ3n) is 4.64. The second kappa shape index (κ2) is 7.56. The van der Waals surface area contributed by atoms with E-state index in [4.69, 9.17) is 9.15 Å². The Labute approximate surface area is 148 Å². The van der Waals surface area contributed by atoms with Crippen LogP contribution in [0.2, 0.25) is 0 Å². The Hall–Kier alpha value is -2.55. The van der Waals surface area contributed by atoms with E-state index in [1.54, 1.807) is 6.07 Å². The van der Waals surface area contributed by atoms with Crippen LogP contribution in [0.3, 0.4) is 0 Å². The summed E-state index contributed by atoms with van der Waals surface area (Å²) in [5.41, 5.74) is 2.48. The maximum absolute atomic E-state index is 12.4. The van der Waals surface area contributed by atoms with Gasteiger partial charge in [-0.3, -0.25) is 4.79 Å². The number of rotatable bonds is 6. The first-order valence-corrected chi connectivity index (χ1v) is 8.88. The first-order valence-electron chi connectivity index (χ1n) is 8.88. The van der Waals surface area contributed by atoms with Crippen molar-refractivity contribution in [2.24, 2.45) is 5.92 Å². The quantitative estimate of drug-likeness (QED) is 0.589. The Morgan fingerprint density at radius 2 is 1.84 bits per heavy atom. The zero-order chi connectivity index (χ0) is 17.8. The molecule has 0 spiro atoms. The molecule has 1 aromatic heterocycles. The zero-order valence-corrected chi connectivity index (χ0v) is 15.0. The molecule has 0 atom stereocenters. The fourth-order valence-corrected chi connectivity index (χ4v) is 2.89. The number of aryl methyl sites for hydroxylation is 1. The molecule has 25 heavy (non-hydrogen) atoms. The Morgan fingerprint density at radius 3 is 2.60 bits per heavy atom. The first kappa shape index (κ1) is 17.3. The van der Waals surface area contributed by atoms with Gasteiger partial charge in [-0.15, -0.1) is 0 Å². The molecule has 0 radical (unpaired) electrons. The maximum atomic E-state index is 12.4. The van der Waals surface area contributed by atoms with E-state index in [-0.39, 0.29) is 5.43 Å². The van der Waals surface area contributed by atoms with Crippen molar-refractivity contribution in [3.8, 4) is 17.1 Å². The Balaban J connectivity index is 1.92. The third-order valence-corrected chi connectivity index (χ3v) is 4.64. The van der Waals surface area contributed by atoms with E-state index in [9.17, 15) is 4.79 Å². The summed E-state index contributed by atoms with van der Waals surface area (Å²) in [5.74, 6) is 1.93. The summed E-state index contributed by atoms with van der Waals surface area (Å²) in [4.78, 5) is 12.4. The van der Waals surface area contributed by atoms with E-state index in [0.29, 0.717) is 29.3 Å². The van der Waals surface area contributed by atoms with E-state index < -0.39 is 0 Å². The second-order valence-electron chi connectivity index (χ2n) is 6.50. The lowest BCUT2D eigenvalue weighted by Gasteiger charge is -2.14. The smallest absolute Gasteiger partial charge is 0.193 e. The van der Waals surface area contributed by atoms with Gasteiger partial charge in [0.15, 0.2) is 5.43 Å². The van der Waals surface area contributed by atoms with Crippen molar-refractivity contribution < 1.29 is 9.15 Å². The van der Waals surface area contributed by atoms with E-state index in [1.165, 1.54) is 0 Å². The molecule has 3 nitrogen and oxygen atoms in total. The lowest BCUT2D eigenvalue weighted by atomic mass is 10.1. The molecule has 0 amide bonds. The minimum Gasteiger partial charge on any atom is -0.493 e. The van der Waals surface area contributed by atoms with Crippen LogP contribution in [-0.2, 0) is 0 Å². The fraction of sp³-hybridized carbons (Fsp3) is 0.318. The van der Waals surface area contributed by atoms with Gasteiger partial charge in [-0.1, -0.05) is 50.5 Å². The minimum absolute atomic E-state index is 0.0247. The van der Waals surface area contributed by atoms with Crippen LogP contribution in [0.4, 0.5) is 0 Å². The molecule has 2 aromatic carbocycles. The van der Waals surface area contributed by atoms with Gasteiger partial charge in [-0.25, -0.2) is 0 Å². The molecule has 0 aliphatic heterocycles. The molecule has 130 valence electrons. The van der Waals surface area contributed by atoms with Gasteiger partial charge in [0.1, 0.15) is 17.1 Å². The van der Waals surface area contributed by atoms with Crippen molar-refractivity contribution in [2.75, 3.05) is 6.61 Å². The highest BCUT2D eigenvalue weighted by Crippen LogP contribution is 2.26. The number of hydrogen-bond acceptors (Lipinski definition) is 3. The zero-order valence-electron chi connectivity index (χ0n) is 15.0. The predicted octanol–water partition coefficient (Wildman–Crippen LogP) is 5.58. The molecule has 0 fully saturated rings. The average Bonchev–Trinajstić information content (AvgIpc) is 2.63. The summed E-state index contributed by atoms with van der Waals surface area (Å²) in [6, 6.07) is 14.9. The Morgan fingerprint density at radius 1 is 1.04 bits per heavy atom. The van der Waals surface area contributed by atoms with Crippen molar-refractivity contribution in [1.29, 1.82) is 0 Å². The van der Waals surface area contributed by atoms with Gasteiger partial charge in [0.25, 0.3) is 0 Å². The van der Waals surface area contributed by atoms with Crippen molar-refractivity contribution in [3.05, 3.63) is 64.3 Å². The molecule has 0 bridgehead atoms. The van der Waals surface area contributed by atoms with Crippen LogP contribution < -0.4 is 10.2 Å². The van der Waals surface area contributed by atoms with Gasteiger partial charge in [0.05, 0.1) is 12.0 Å². The van der Waals surface area contributed by atoms with Crippen molar-refractivity contribution >= 4 is 11.0 Å². The molecule has 3 aromatic rings. The van der Waals surface area contributed by atoms with Crippen molar-refractivity contribution in [3.63, 3.8) is 0 Å². The molecule has 3 heteroatoms. The lowest BCUT2D eigenvalue weighted by Crippen LogP contribution is -2.10. The average molecular weight is 336 g/mol. The van der Waals surface area contributed by atoms with Crippen LogP contribution in [-0.4, -0.2) is 6.61 Å². The third kappa shape index (κ3) is 3.93. The van der Waals surface area contributed by atoms with E-state index in [0.717, 1.165) is 29.7 Å². The van der Waals surface area contributed by atoms with Crippen LogP contribution in [0.15, 0.2) is 57.7 Å². The molecule has 0 aliphatic rings. The summed E-state index contributed by atoms with van der Waals surface area (Å²) >= 11 is 0. The fourth-order valence-electron chi connectivity index (χ4n) is 2.89. The molecule has 1 heterocycles. The maximum Gasteiger partial charge on any atom is 0.193 e. The van der Waals surface area contributed by atoms with Gasteiger partial charge < -0.3 is 9.15 Å². The molecule has 0 unspecified atom stereocenters. The normalized spacial score (nSPS) is 11.2. The number of ether oxygens (including phenoxy) is 1. The number of fused-ring (bicyclic) bond motifs is 1. The van der Waals surface area contributed by atoms with Crippen LogP contribution in [0.5, 0.6) is 5.75 Å². The minimum atomic E-state index is -0.0247. The molecular weight excluding hydrogens is 312 g/mol. The van der Waals surface area contributed by atoms with Crippen LogP contribution in [0.25, 0.3) is 22.3 Å². The van der Waals surface area contributed by atoms with Gasteiger partial charge in [0.2, 0.25) is 0 Å². The molecular formula is C22H24O3. The number of hydrogen-bond donors (Lipinski definition) is 0. The van der Waals surface area contributed by atoms with E-state index >= 15 is 0 Å². The van der Waals surface area contributed by atoms with Gasteiger partial charge in [-0.05, 0) is 37.1 Å². The van der Waals surface area contributed by atoms with Gasteiger partial charge in [0, 0.05) is 11.6 Å². The molecule has 0 saturated heterocycles. The standard InChI is InChI=1S/C22H24O3/c1-4-16(5-2)14-24-18-8-6-7-17(12-18)22-13-20(23)19-11-15(3)9-10-21(19)25-22/h6-13,16H,4-5,14H2,1-3H3. The second-order valence-corrected chi connectivity index (χ2v) is 6.50. The Bertz CT molecular complexity index is 920. The van der Waals surface area contributed by atoms with Gasteiger partial charge in [-0.2, -0.15) is 0 Å². The summed E-state index contributed by atoms with van der Waals surface area (Å²) in [7, 11) is 0. The first-order chi connectivity index (χ1) is 12.1. The summed E-state index contributed by atoms with van der Waals surface area (Å²) in [6.07, 6.45) is 2.21. The molecule has 0 aliphatic carbocycles. The monoisotopic (exact) mass is 336 g/mol. The summed E-state index contributed by atoms with van der Waals surface area (Å²) < 4.78 is 11.9. The van der Waals surface area contributed by atoms with E-state index in [1.807, 2.05) is 49.4 Å². The van der Waals surface area contributed by atoms with Crippen LogP contribution >= 0.6 is 0 Å². The van der Waals surface area contributed by atoms with Crippen molar-refractivity contribution in [2.45, 2.75) is 33.6 Å². The topological polar surface area (TPSA) is 39.4 Å². The lowest BCUT2D eigenvalue weighted by molar-refractivity contribution is 0.240. The predicted molar refractivity (Wildman–Crippen MR) is 102 cm³/mol. The Kier molecular flexibility index (Phi) is 5.22. The molecule has 0 N–H and O–H groups in total. The molecule has 3 rings (SSSR count). The largest absolute Gasteiger partial charge is 0.493 e. The SMILES string of the molecule is CCC(CC)COc1cccc(-c2cc(=O)c3cc(C)ccc3o2)c1. The van der Waals surface area contributed by atoms with Crippen LogP contribution in [0, 0.1) is 12.8 Å². The summed E-state index contributed by atoms with van der Waals surface area (Å²) in [5, 5.41) is 0.616. The summed E-state index contributed by atoms with van der Waals surface area (Å²) in [6.45, 7) is 7.03.